The Hall–Kier alpha value is -4.11. The molecule has 3 aromatic carbocycles. The molecule has 0 fully saturated rings. The molecule has 0 aliphatic heterocycles. The maximum atomic E-state index is 12.6. The first-order valence-electron chi connectivity index (χ1n) is 9.64. The average molecular weight is 511 g/mol. The minimum Gasteiger partial charge on any atom is -0.508 e. The van der Waals surface area contributed by atoms with Crippen molar-refractivity contribution in [3.05, 3.63) is 99.2 Å². The second-order valence-electron chi connectivity index (χ2n) is 6.92. The van der Waals surface area contributed by atoms with Crippen molar-refractivity contribution < 1.29 is 29.7 Å². The molecule has 0 aliphatic rings. The fourth-order valence-electron chi connectivity index (χ4n) is 2.90. The monoisotopic (exact) mass is 510 g/mol. The number of aromatic hydroxyl groups is 2. The number of carboxylic acid groups (broad SMARTS) is 1. The summed E-state index contributed by atoms with van der Waals surface area (Å²) in [7, 11) is 0. The second kappa shape index (κ2) is 10.5. The lowest BCUT2D eigenvalue weighted by atomic mass is 10.1. The molecule has 0 radical (unpaired) electrons. The van der Waals surface area contributed by atoms with E-state index in [1.54, 1.807) is 24.3 Å². The van der Waals surface area contributed by atoms with Gasteiger partial charge in [0.05, 0.1) is 5.56 Å². The molecule has 5 N–H and O–H groups in total. The van der Waals surface area contributed by atoms with Crippen molar-refractivity contribution in [3.8, 4) is 11.5 Å². The van der Waals surface area contributed by atoms with Crippen molar-refractivity contribution in [2.45, 2.75) is 6.54 Å². The lowest BCUT2D eigenvalue weighted by Gasteiger charge is -2.10. The van der Waals surface area contributed by atoms with Crippen molar-refractivity contribution in [2.75, 3.05) is 0 Å². The van der Waals surface area contributed by atoms with Crippen LogP contribution in [-0.2, 0) is 11.3 Å². The number of amides is 2. The Morgan fingerprint density at radius 2 is 1.67 bits per heavy atom. The van der Waals surface area contributed by atoms with Gasteiger partial charge in [-0.05, 0) is 64.0 Å². The van der Waals surface area contributed by atoms with Crippen LogP contribution in [-0.4, -0.2) is 33.1 Å². The molecule has 0 atom stereocenters. The van der Waals surface area contributed by atoms with Gasteiger partial charge in [0.15, 0.2) is 0 Å². The van der Waals surface area contributed by atoms with E-state index in [2.05, 4.69) is 26.6 Å². The number of hydrogen-bond donors (Lipinski definition) is 5. The van der Waals surface area contributed by atoms with Gasteiger partial charge in [-0.15, -0.1) is 0 Å². The first-order valence-corrected chi connectivity index (χ1v) is 10.4. The summed E-state index contributed by atoms with van der Waals surface area (Å²) in [5.74, 6) is -2.52. The van der Waals surface area contributed by atoms with E-state index in [4.69, 9.17) is 0 Å². The van der Waals surface area contributed by atoms with Gasteiger partial charge in [-0.2, -0.15) is 0 Å². The van der Waals surface area contributed by atoms with Crippen molar-refractivity contribution in [1.29, 1.82) is 0 Å². The summed E-state index contributed by atoms with van der Waals surface area (Å²) in [6, 6.07) is 16.9. The van der Waals surface area contributed by atoms with Gasteiger partial charge in [-0.25, -0.2) is 4.79 Å². The molecule has 0 aliphatic carbocycles. The number of rotatable bonds is 7. The Morgan fingerprint density at radius 1 is 0.909 bits per heavy atom. The molecule has 0 saturated heterocycles. The number of aliphatic carboxylic acids is 1. The Balaban J connectivity index is 1.72. The van der Waals surface area contributed by atoms with E-state index in [9.17, 15) is 29.7 Å². The minimum atomic E-state index is -1.38. The number of para-hydroxylation sites is 1. The first kappa shape index (κ1) is 23.6. The zero-order valence-corrected chi connectivity index (χ0v) is 18.7. The minimum absolute atomic E-state index is 0.0946. The average Bonchev–Trinajstić information content (AvgIpc) is 2.78. The highest BCUT2D eigenvalue weighted by molar-refractivity contribution is 9.10. The van der Waals surface area contributed by atoms with Crippen molar-refractivity contribution in [1.82, 2.24) is 10.6 Å². The van der Waals surface area contributed by atoms with E-state index in [1.165, 1.54) is 42.5 Å². The molecule has 9 heteroatoms. The normalized spacial score (nSPS) is 11.0. The van der Waals surface area contributed by atoms with E-state index >= 15 is 0 Å². The van der Waals surface area contributed by atoms with Crippen LogP contribution in [0.1, 0.15) is 31.8 Å². The van der Waals surface area contributed by atoms with E-state index in [1.807, 2.05) is 0 Å². The number of carbonyl (C=O) groups is 3. The highest BCUT2D eigenvalue weighted by Gasteiger charge is 2.18. The number of phenols is 2. The third-order valence-corrected chi connectivity index (χ3v) is 5.21. The molecule has 0 saturated carbocycles. The molecule has 8 nitrogen and oxygen atoms in total. The van der Waals surface area contributed by atoms with Crippen LogP contribution in [0.2, 0.25) is 0 Å². The third-order valence-electron chi connectivity index (χ3n) is 4.55. The van der Waals surface area contributed by atoms with Crippen LogP contribution < -0.4 is 10.6 Å². The Kier molecular flexibility index (Phi) is 7.47. The van der Waals surface area contributed by atoms with Crippen LogP contribution in [0, 0.1) is 0 Å². The summed E-state index contributed by atoms with van der Waals surface area (Å²) in [6.07, 6.45) is 1.15. The van der Waals surface area contributed by atoms with Gasteiger partial charge in [0.25, 0.3) is 11.8 Å². The van der Waals surface area contributed by atoms with Crippen LogP contribution in [0.3, 0.4) is 0 Å². The lowest BCUT2D eigenvalue weighted by Crippen LogP contribution is -2.28. The zero-order valence-electron chi connectivity index (χ0n) is 17.1. The standard InChI is InChI=1S/C24H19BrN2O6/c25-19-11-16(22(30)26-13-14-4-3-6-17(28)10-14)8-9-18(19)23(31)27-20(24(32)33)12-15-5-1-2-7-21(15)29/h1-12,28-29H,13H2,(H,26,30)(H,27,31)(H,32,33)/b20-12+. The van der Waals surface area contributed by atoms with E-state index in [0.717, 1.165) is 11.6 Å². The Morgan fingerprint density at radius 3 is 2.33 bits per heavy atom. The van der Waals surface area contributed by atoms with E-state index in [0.29, 0.717) is 0 Å². The fraction of sp³-hybridized carbons (Fsp3) is 0.0417. The van der Waals surface area contributed by atoms with Crippen LogP contribution in [0.4, 0.5) is 0 Å². The highest BCUT2D eigenvalue weighted by Crippen LogP contribution is 2.21. The predicted octanol–water partition coefficient (Wildman–Crippen LogP) is 3.65. The summed E-state index contributed by atoms with van der Waals surface area (Å²) in [5.41, 5.74) is 0.913. The molecule has 0 aromatic heterocycles. The summed E-state index contributed by atoms with van der Waals surface area (Å²) < 4.78 is 0.289. The van der Waals surface area contributed by atoms with Crippen LogP contribution in [0.25, 0.3) is 6.08 Å². The molecule has 2 amide bonds. The summed E-state index contributed by atoms with van der Waals surface area (Å²) in [5, 5.41) is 33.8. The molecule has 0 bridgehead atoms. The van der Waals surface area contributed by atoms with Gasteiger partial charge in [0.2, 0.25) is 0 Å². The fourth-order valence-corrected chi connectivity index (χ4v) is 3.46. The molecule has 33 heavy (non-hydrogen) atoms. The van der Waals surface area contributed by atoms with Gasteiger partial charge in [0.1, 0.15) is 17.2 Å². The van der Waals surface area contributed by atoms with Crippen LogP contribution in [0.15, 0.2) is 76.9 Å². The van der Waals surface area contributed by atoms with E-state index < -0.39 is 23.5 Å². The van der Waals surface area contributed by atoms with Crippen molar-refractivity contribution in [3.63, 3.8) is 0 Å². The number of hydrogen-bond acceptors (Lipinski definition) is 5. The molecule has 168 valence electrons. The maximum absolute atomic E-state index is 12.6. The second-order valence-corrected chi connectivity index (χ2v) is 7.78. The summed E-state index contributed by atoms with van der Waals surface area (Å²) >= 11 is 3.25. The molecule has 3 rings (SSSR count). The molecule has 0 heterocycles. The summed E-state index contributed by atoms with van der Waals surface area (Å²) in [6.45, 7) is 0.201. The van der Waals surface area contributed by atoms with Gasteiger partial charge in [-0.1, -0.05) is 30.3 Å². The number of nitrogens with one attached hydrogen (secondary N) is 2. The lowest BCUT2D eigenvalue weighted by molar-refractivity contribution is -0.132. The van der Waals surface area contributed by atoms with Crippen molar-refractivity contribution >= 4 is 39.8 Å². The SMILES string of the molecule is O=C(O)/C(=C\c1ccccc1O)NC(=O)c1ccc(C(=O)NCc2cccc(O)c2)cc1Br. The number of benzene rings is 3. The Labute approximate surface area is 197 Å². The first-order chi connectivity index (χ1) is 15.7. The maximum Gasteiger partial charge on any atom is 0.352 e. The molecule has 0 spiro atoms. The van der Waals surface area contributed by atoms with Gasteiger partial charge >= 0.3 is 5.97 Å². The zero-order chi connectivity index (χ0) is 24.0. The largest absolute Gasteiger partial charge is 0.508 e. The topological polar surface area (TPSA) is 136 Å². The van der Waals surface area contributed by atoms with Gasteiger partial charge in [-0.3, -0.25) is 9.59 Å². The van der Waals surface area contributed by atoms with Gasteiger partial charge < -0.3 is 26.0 Å². The number of carboxylic acids is 1. The number of phenolic OH excluding ortho intramolecular Hbond substituents is 2. The third kappa shape index (κ3) is 6.20. The van der Waals surface area contributed by atoms with Gasteiger partial charge in [0, 0.05) is 22.1 Å². The quantitative estimate of drug-likeness (QED) is 0.308. The van der Waals surface area contributed by atoms with Crippen LogP contribution in [0.5, 0.6) is 11.5 Å². The van der Waals surface area contributed by atoms with Crippen LogP contribution >= 0.6 is 15.9 Å². The molecular weight excluding hydrogens is 492 g/mol. The number of carbonyl (C=O) groups excluding carboxylic acids is 2. The molecule has 3 aromatic rings. The van der Waals surface area contributed by atoms with Crippen molar-refractivity contribution in [2.24, 2.45) is 0 Å². The number of halogens is 1. The highest BCUT2D eigenvalue weighted by atomic mass is 79.9. The summed E-state index contributed by atoms with van der Waals surface area (Å²) in [4.78, 5) is 36.7. The predicted molar refractivity (Wildman–Crippen MR) is 125 cm³/mol. The smallest absolute Gasteiger partial charge is 0.352 e. The van der Waals surface area contributed by atoms with E-state index in [-0.39, 0.29) is 39.2 Å². The Bertz CT molecular complexity index is 1260. The molecular formula is C24H19BrN2O6. The molecule has 0 unspecified atom stereocenters.